The Bertz CT molecular complexity index is 1260. The van der Waals surface area contributed by atoms with E-state index in [0.717, 1.165) is 35.1 Å². The third kappa shape index (κ3) is 3.62. The Morgan fingerprint density at radius 1 is 0.812 bits per heavy atom. The van der Waals surface area contributed by atoms with Crippen LogP contribution >= 0.6 is 0 Å². The van der Waals surface area contributed by atoms with Gasteiger partial charge in [0.05, 0.1) is 5.56 Å². The zero-order valence-electron chi connectivity index (χ0n) is 18.2. The van der Waals surface area contributed by atoms with Crippen molar-refractivity contribution in [1.29, 1.82) is 0 Å². The van der Waals surface area contributed by atoms with Crippen molar-refractivity contribution in [3.8, 4) is 11.1 Å². The van der Waals surface area contributed by atoms with Gasteiger partial charge in [0.15, 0.2) is 0 Å². The van der Waals surface area contributed by atoms with Gasteiger partial charge in [-0.1, -0.05) is 97.1 Å². The summed E-state index contributed by atoms with van der Waals surface area (Å²) in [5, 5.41) is 10.1. The predicted octanol–water partition coefficient (Wildman–Crippen LogP) is 7.03. The fourth-order valence-corrected chi connectivity index (χ4v) is 5.39. The van der Waals surface area contributed by atoms with Crippen LogP contribution in [0.2, 0.25) is 0 Å². The highest BCUT2D eigenvalue weighted by molar-refractivity contribution is 5.98. The molecule has 0 heterocycles. The number of fused-ring (bicyclic) bond motifs is 1. The highest BCUT2D eigenvalue weighted by Gasteiger charge is 2.35. The lowest BCUT2D eigenvalue weighted by molar-refractivity contribution is 0.0696. The van der Waals surface area contributed by atoms with Crippen LogP contribution in [0.4, 0.5) is 0 Å². The summed E-state index contributed by atoms with van der Waals surface area (Å²) in [7, 11) is 0. The molecular formula is C30H26O2. The van der Waals surface area contributed by atoms with Crippen molar-refractivity contribution < 1.29 is 9.90 Å². The molecule has 0 spiro atoms. The van der Waals surface area contributed by atoms with Crippen molar-refractivity contribution in [1.82, 2.24) is 0 Å². The predicted molar refractivity (Wildman–Crippen MR) is 129 cm³/mol. The quantitative estimate of drug-likeness (QED) is 0.378. The number of carbonyl (C=O) groups is 1. The van der Waals surface area contributed by atoms with Gasteiger partial charge in [-0.3, -0.25) is 0 Å². The van der Waals surface area contributed by atoms with Crippen molar-refractivity contribution in [3.63, 3.8) is 0 Å². The largest absolute Gasteiger partial charge is 0.478 e. The van der Waals surface area contributed by atoms with Gasteiger partial charge in [0.2, 0.25) is 0 Å². The fraction of sp³-hybridized carbons (Fsp3) is 0.167. The third-order valence-electron chi connectivity index (χ3n) is 6.88. The number of hydrogen-bond donors (Lipinski definition) is 1. The molecule has 1 aliphatic rings. The molecule has 1 aliphatic carbocycles. The lowest BCUT2D eigenvalue weighted by atomic mass is 9.79. The maximum absolute atomic E-state index is 12.4. The van der Waals surface area contributed by atoms with E-state index in [0.29, 0.717) is 11.5 Å². The van der Waals surface area contributed by atoms with E-state index in [1.54, 1.807) is 0 Å². The molecule has 0 fully saturated rings. The lowest BCUT2D eigenvalue weighted by Crippen LogP contribution is -2.14. The van der Waals surface area contributed by atoms with Gasteiger partial charge in [0, 0.05) is 0 Å². The van der Waals surface area contributed by atoms with Crippen molar-refractivity contribution in [2.24, 2.45) is 0 Å². The smallest absolute Gasteiger partial charge is 0.336 e. The zero-order chi connectivity index (χ0) is 22.1. The fourth-order valence-electron chi connectivity index (χ4n) is 5.39. The highest BCUT2D eigenvalue weighted by atomic mass is 16.4. The Labute approximate surface area is 189 Å². The second-order valence-electron chi connectivity index (χ2n) is 8.68. The summed E-state index contributed by atoms with van der Waals surface area (Å²) in [5.74, 6) is -0.273. The average molecular weight is 419 g/mol. The van der Waals surface area contributed by atoms with Crippen LogP contribution < -0.4 is 0 Å². The van der Waals surface area contributed by atoms with Crippen molar-refractivity contribution >= 4 is 5.97 Å². The maximum atomic E-state index is 12.4. The molecular weight excluding hydrogens is 392 g/mol. The van der Waals surface area contributed by atoms with E-state index in [2.05, 4.69) is 60.7 Å². The summed E-state index contributed by atoms with van der Waals surface area (Å²) in [4.78, 5) is 12.4. The topological polar surface area (TPSA) is 37.3 Å². The molecule has 1 N–H and O–H groups in total. The number of aromatic carboxylic acids is 1. The molecule has 0 aliphatic heterocycles. The Kier molecular flexibility index (Phi) is 5.36. The Hall–Kier alpha value is -3.65. The van der Waals surface area contributed by atoms with Gasteiger partial charge in [0.1, 0.15) is 0 Å². The molecule has 32 heavy (non-hydrogen) atoms. The SMILES string of the molecule is Cc1c(C2Cc3ccccc3C2Cc2ccccc2)ccc(-c2ccccc2)c1C(=O)O. The van der Waals surface area contributed by atoms with Gasteiger partial charge in [-0.2, -0.15) is 0 Å². The number of benzene rings is 4. The van der Waals surface area contributed by atoms with E-state index in [-0.39, 0.29) is 5.92 Å². The van der Waals surface area contributed by atoms with E-state index in [9.17, 15) is 9.90 Å². The first-order chi connectivity index (χ1) is 15.6. The highest BCUT2D eigenvalue weighted by Crippen LogP contribution is 2.47. The van der Waals surface area contributed by atoms with Crippen LogP contribution in [0.1, 0.15) is 50.0 Å². The van der Waals surface area contributed by atoms with Crippen LogP contribution in [0.15, 0.2) is 97.1 Å². The standard InChI is InChI=1S/C30H26O2/c1-20-24(16-17-26(29(20)30(31)32)22-12-6-3-7-13-22)28-19-23-14-8-9-15-25(23)27(28)18-21-10-4-2-5-11-21/h2-17,27-28H,18-19H2,1H3,(H,31,32). The minimum atomic E-state index is -0.863. The number of hydrogen-bond acceptors (Lipinski definition) is 1. The van der Waals surface area contributed by atoms with E-state index in [1.165, 1.54) is 16.7 Å². The van der Waals surface area contributed by atoms with Gasteiger partial charge in [-0.05, 0) is 70.5 Å². The second-order valence-corrected chi connectivity index (χ2v) is 8.68. The summed E-state index contributed by atoms with van der Waals surface area (Å²) < 4.78 is 0. The van der Waals surface area contributed by atoms with Gasteiger partial charge in [-0.15, -0.1) is 0 Å². The molecule has 4 aromatic carbocycles. The van der Waals surface area contributed by atoms with Gasteiger partial charge in [0.25, 0.3) is 0 Å². The van der Waals surface area contributed by atoms with Crippen LogP contribution in [0.3, 0.4) is 0 Å². The van der Waals surface area contributed by atoms with Crippen LogP contribution in [-0.2, 0) is 12.8 Å². The average Bonchev–Trinajstić information content (AvgIpc) is 3.18. The minimum absolute atomic E-state index is 0.260. The summed E-state index contributed by atoms with van der Waals surface area (Å²) in [6.45, 7) is 1.98. The second kappa shape index (κ2) is 8.47. The first-order valence-corrected chi connectivity index (χ1v) is 11.2. The maximum Gasteiger partial charge on any atom is 0.336 e. The Morgan fingerprint density at radius 2 is 1.47 bits per heavy atom. The monoisotopic (exact) mass is 418 g/mol. The number of rotatable bonds is 5. The van der Waals surface area contributed by atoms with Gasteiger partial charge in [-0.25, -0.2) is 4.79 Å². The first kappa shape index (κ1) is 20.3. The molecule has 4 aromatic rings. The molecule has 0 saturated heterocycles. The molecule has 158 valence electrons. The van der Waals surface area contributed by atoms with Crippen LogP contribution in [0.25, 0.3) is 11.1 Å². The molecule has 2 nitrogen and oxygen atoms in total. The zero-order valence-corrected chi connectivity index (χ0v) is 18.2. The van der Waals surface area contributed by atoms with E-state index >= 15 is 0 Å². The first-order valence-electron chi connectivity index (χ1n) is 11.2. The van der Waals surface area contributed by atoms with Crippen molar-refractivity contribution in [2.45, 2.75) is 31.6 Å². The molecule has 0 aromatic heterocycles. The molecule has 2 unspecified atom stereocenters. The van der Waals surface area contributed by atoms with E-state index in [1.807, 2.05) is 43.3 Å². The molecule has 5 rings (SSSR count). The third-order valence-corrected chi connectivity index (χ3v) is 6.88. The molecule has 0 amide bonds. The van der Waals surface area contributed by atoms with Crippen LogP contribution in [0, 0.1) is 6.92 Å². The normalized spacial score (nSPS) is 17.2. The van der Waals surface area contributed by atoms with Gasteiger partial charge >= 0.3 is 5.97 Å². The Balaban J connectivity index is 1.61. The number of carboxylic acids is 1. The number of carboxylic acid groups (broad SMARTS) is 1. The molecule has 2 heteroatoms. The summed E-state index contributed by atoms with van der Waals surface area (Å²) >= 11 is 0. The van der Waals surface area contributed by atoms with Crippen molar-refractivity contribution in [2.75, 3.05) is 0 Å². The summed E-state index contributed by atoms with van der Waals surface area (Å²) in [6.07, 6.45) is 1.89. The van der Waals surface area contributed by atoms with Gasteiger partial charge < -0.3 is 5.11 Å². The van der Waals surface area contributed by atoms with Crippen LogP contribution in [0.5, 0.6) is 0 Å². The molecule has 2 atom stereocenters. The van der Waals surface area contributed by atoms with Crippen molar-refractivity contribution in [3.05, 3.63) is 130 Å². The molecule has 0 bridgehead atoms. The molecule has 0 saturated carbocycles. The molecule has 0 radical (unpaired) electrons. The summed E-state index contributed by atoms with van der Waals surface area (Å²) in [6, 6.07) is 33.3. The van der Waals surface area contributed by atoms with E-state index < -0.39 is 5.97 Å². The lowest BCUT2D eigenvalue weighted by Gasteiger charge is -2.25. The summed E-state index contributed by atoms with van der Waals surface area (Å²) in [5.41, 5.74) is 8.27. The van der Waals surface area contributed by atoms with Crippen LogP contribution in [-0.4, -0.2) is 11.1 Å². The minimum Gasteiger partial charge on any atom is -0.478 e. The van der Waals surface area contributed by atoms with E-state index in [4.69, 9.17) is 0 Å². The Morgan fingerprint density at radius 3 is 2.19 bits per heavy atom.